The van der Waals surface area contributed by atoms with Gasteiger partial charge < -0.3 is 0 Å². The van der Waals surface area contributed by atoms with Gasteiger partial charge in [0.25, 0.3) is 0 Å². The fourth-order valence-corrected chi connectivity index (χ4v) is 5.05. The minimum atomic E-state index is -4.25. The number of benzene rings is 1. The van der Waals surface area contributed by atoms with Crippen molar-refractivity contribution >= 4 is 0 Å². The lowest BCUT2D eigenvalue weighted by molar-refractivity contribution is -0.137. The average Bonchev–Trinajstić information content (AvgIpc) is 2.71. The summed E-state index contributed by atoms with van der Waals surface area (Å²) in [6, 6.07) is 7.89. The second-order valence-electron chi connectivity index (χ2n) is 8.68. The van der Waals surface area contributed by atoms with Crippen LogP contribution in [-0.2, 0) is 6.18 Å². The van der Waals surface area contributed by atoms with E-state index in [0.29, 0.717) is 11.8 Å². The third-order valence-corrected chi connectivity index (χ3v) is 6.87. The molecule has 0 unspecified atom stereocenters. The minimum Gasteiger partial charge on any atom is -0.193 e. The summed E-state index contributed by atoms with van der Waals surface area (Å²) < 4.78 is 38.1. The van der Waals surface area contributed by atoms with Crippen molar-refractivity contribution in [3.05, 3.63) is 47.5 Å². The molecule has 0 atom stereocenters. The Morgan fingerprint density at radius 3 is 1.89 bits per heavy atom. The molecule has 4 heteroatoms. The quantitative estimate of drug-likeness (QED) is 0.475. The summed E-state index contributed by atoms with van der Waals surface area (Å²) in [6.45, 7) is 0. The maximum atomic E-state index is 12.7. The summed E-state index contributed by atoms with van der Waals surface area (Å²) in [7, 11) is 0. The van der Waals surface area contributed by atoms with Crippen molar-refractivity contribution in [3.8, 4) is 6.07 Å². The minimum absolute atomic E-state index is 0.417. The summed E-state index contributed by atoms with van der Waals surface area (Å²) >= 11 is 0. The predicted molar refractivity (Wildman–Crippen MR) is 106 cm³/mol. The van der Waals surface area contributed by atoms with Crippen LogP contribution in [0, 0.1) is 29.1 Å². The molecule has 2 aliphatic carbocycles. The summed E-state index contributed by atoms with van der Waals surface area (Å²) in [5.74, 6) is 2.62. The van der Waals surface area contributed by atoms with E-state index in [-0.39, 0.29) is 0 Å². The average molecular weight is 390 g/mol. The van der Waals surface area contributed by atoms with Crippen LogP contribution in [0.3, 0.4) is 0 Å². The molecule has 0 aliphatic heterocycles. The molecule has 0 amide bonds. The molecule has 152 valence electrons. The number of nitrogens with zero attached hydrogens (tertiary/aromatic N) is 1. The van der Waals surface area contributed by atoms with Gasteiger partial charge in [-0.2, -0.15) is 18.4 Å². The fraction of sp³-hybridized carbons (Fsp3) is 0.625. The van der Waals surface area contributed by atoms with Gasteiger partial charge in [0.15, 0.2) is 0 Å². The lowest BCUT2D eigenvalue weighted by Gasteiger charge is -2.31. The van der Waals surface area contributed by atoms with Crippen molar-refractivity contribution in [2.45, 2.75) is 76.3 Å². The smallest absolute Gasteiger partial charge is 0.193 e. The first-order chi connectivity index (χ1) is 13.5. The third kappa shape index (κ3) is 5.87. The van der Waals surface area contributed by atoms with Crippen LogP contribution in [-0.4, -0.2) is 0 Å². The van der Waals surface area contributed by atoms with E-state index in [9.17, 15) is 13.2 Å². The summed E-state index contributed by atoms with van der Waals surface area (Å²) in [5, 5.41) is 8.63. The van der Waals surface area contributed by atoms with Gasteiger partial charge in [0.2, 0.25) is 0 Å². The van der Waals surface area contributed by atoms with Crippen LogP contribution in [0.25, 0.3) is 0 Å². The highest BCUT2D eigenvalue weighted by atomic mass is 19.4. The van der Waals surface area contributed by atoms with Crippen molar-refractivity contribution in [1.82, 2.24) is 0 Å². The zero-order valence-corrected chi connectivity index (χ0v) is 16.4. The molecule has 2 aliphatic rings. The van der Waals surface area contributed by atoms with E-state index in [2.05, 4.69) is 12.1 Å². The van der Waals surface area contributed by atoms with Gasteiger partial charge in [-0.1, -0.05) is 31.1 Å². The van der Waals surface area contributed by atoms with Gasteiger partial charge in [-0.15, -0.1) is 0 Å². The van der Waals surface area contributed by atoms with Gasteiger partial charge in [-0.3, -0.25) is 0 Å². The maximum absolute atomic E-state index is 12.7. The molecule has 1 aromatic carbocycles. The van der Waals surface area contributed by atoms with Gasteiger partial charge in [0, 0.05) is 6.08 Å². The highest BCUT2D eigenvalue weighted by molar-refractivity contribution is 5.27. The number of halogens is 3. The molecule has 28 heavy (non-hydrogen) atoms. The van der Waals surface area contributed by atoms with E-state index in [4.69, 9.17) is 5.26 Å². The molecule has 1 aromatic rings. The van der Waals surface area contributed by atoms with Crippen LogP contribution in [0.4, 0.5) is 13.2 Å². The van der Waals surface area contributed by atoms with Crippen LogP contribution < -0.4 is 0 Å². The van der Waals surface area contributed by atoms with Gasteiger partial charge in [-0.25, -0.2) is 0 Å². The van der Waals surface area contributed by atoms with E-state index in [0.717, 1.165) is 30.2 Å². The van der Waals surface area contributed by atoms with Crippen LogP contribution in [0.5, 0.6) is 0 Å². The first-order valence-electron chi connectivity index (χ1n) is 10.7. The summed E-state index contributed by atoms with van der Waals surface area (Å²) in [6.07, 6.45) is 11.6. The van der Waals surface area contributed by atoms with Crippen molar-refractivity contribution < 1.29 is 13.2 Å². The molecule has 1 nitrogen and oxygen atoms in total. The first-order valence-corrected chi connectivity index (χ1v) is 10.7. The zero-order chi connectivity index (χ0) is 20.0. The second kappa shape index (κ2) is 9.63. The van der Waals surface area contributed by atoms with E-state index in [1.807, 2.05) is 0 Å². The molecule has 0 heterocycles. The van der Waals surface area contributed by atoms with Gasteiger partial charge in [0.1, 0.15) is 0 Å². The second-order valence-corrected chi connectivity index (χ2v) is 8.68. The lowest BCUT2D eigenvalue weighted by atomic mass is 9.74. The van der Waals surface area contributed by atoms with Crippen LogP contribution in [0.15, 0.2) is 36.4 Å². The standard InChI is InChI=1S/C24H30F3N/c25-24(26,27)23-15-13-22(14-16-23)21-11-9-20(10-12-21)8-7-19-5-3-18(4-6-19)2-1-17-28/h1-2,13-16,18-21H,3-12H2/b2-1+. The SMILES string of the molecule is N#C/C=C/C1CCC(CCC2CCC(c3ccc(C(F)(F)F)cc3)CC2)CC1. The van der Waals surface area contributed by atoms with Gasteiger partial charge in [-0.05, 0) is 92.7 Å². The van der Waals surface area contributed by atoms with Crippen LogP contribution in [0.2, 0.25) is 0 Å². The molecule has 0 spiro atoms. The Morgan fingerprint density at radius 1 is 0.857 bits per heavy atom. The zero-order valence-electron chi connectivity index (χ0n) is 16.4. The third-order valence-electron chi connectivity index (χ3n) is 6.87. The van der Waals surface area contributed by atoms with Crippen molar-refractivity contribution in [2.75, 3.05) is 0 Å². The Balaban J connectivity index is 1.38. The predicted octanol–water partition coefficient (Wildman–Crippen LogP) is 7.65. The summed E-state index contributed by atoms with van der Waals surface area (Å²) in [4.78, 5) is 0. The highest BCUT2D eigenvalue weighted by Gasteiger charge is 2.31. The number of nitriles is 1. The molecule has 0 aromatic heterocycles. The van der Waals surface area contributed by atoms with E-state index >= 15 is 0 Å². The number of allylic oxidation sites excluding steroid dienone is 2. The first kappa shape index (κ1) is 21.0. The number of hydrogen-bond donors (Lipinski definition) is 0. The number of rotatable bonds is 5. The van der Waals surface area contributed by atoms with Crippen molar-refractivity contribution in [2.24, 2.45) is 17.8 Å². The van der Waals surface area contributed by atoms with Crippen LogP contribution in [0.1, 0.15) is 81.3 Å². The lowest BCUT2D eigenvalue weighted by Crippen LogP contribution is -2.17. The fourth-order valence-electron chi connectivity index (χ4n) is 5.05. The molecule has 2 fully saturated rings. The van der Waals surface area contributed by atoms with Gasteiger partial charge >= 0.3 is 6.18 Å². The highest BCUT2D eigenvalue weighted by Crippen LogP contribution is 2.40. The van der Waals surface area contributed by atoms with Gasteiger partial charge in [0.05, 0.1) is 11.6 Å². The molecule has 3 rings (SSSR count). The largest absolute Gasteiger partial charge is 0.416 e. The van der Waals surface area contributed by atoms with E-state index in [1.54, 1.807) is 18.2 Å². The van der Waals surface area contributed by atoms with Crippen molar-refractivity contribution in [3.63, 3.8) is 0 Å². The maximum Gasteiger partial charge on any atom is 0.416 e. The van der Waals surface area contributed by atoms with E-state index in [1.165, 1.54) is 63.5 Å². The Hall–Kier alpha value is -1.76. The monoisotopic (exact) mass is 389 g/mol. The van der Waals surface area contributed by atoms with Crippen molar-refractivity contribution in [1.29, 1.82) is 5.26 Å². The molecule has 0 bridgehead atoms. The molecule has 0 saturated heterocycles. The molecule has 0 N–H and O–H groups in total. The number of alkyl halides is 3. The Labute approximate surface area is 166 Å². The Bertz CT molecular complexity index is 667. The molecular formula is C24H30F3N. The van der Waals surface area contributed by atoms with E-state index < -0.39 is 11.7 Å². The Morgan fingerprint density at radius 2 is 1.39 bits per heavy atom. The summed E-state index contributed by atoms with van der Waals surface area (Å²) in [5.41, 5.74) is 0.512. The van der Waals surface area contributed by atoms with Crippen LogP contribution >= 0.6 is 0 Å². The molecule has 0 radical (unpaired) electrons. The molecule has 2 saturated carbocycles. The normalized spacial score (nSPS) is 28.9. The molecular weight excluding hydrogens is 359 g/mol. The topological polar surface area (TPSA) is 23.8 Å². The number of hydrogen-bond acceptors (Lipinski definition) is 1. The Kier molecular flexibility index (Phi) is 7.21.